The summed E-state index contributed by atoms with van der Waals surface area (Å²) in [6.45, 7) is 4.00. The van der Waals surface area contributed by atoms with Crippen molar-refractivity contribution >= 4 is 11.6 Å². The summed E-state index contributed by atoms with van der Waals surface area (Å²) < 4.78 is 1.93. The number of aryl methyl sites for hydroxylation is 2. The smallest absolute Gasteiger partial charge is 0.224 e. The molecule has 2 aromatic rings. The molecule has 0 radical (unpaired) electrons. The van der Waals surface area contributed by atoms with Gasteiger partial charge in [-0.25, -0.2) is 9.97 Å². The first kappa shape index (κ1) is 10.1. The third kappa shape index (κ3) is 1.85. The van der Waals surface area contributed by atoms with E-state index in [1.807, 2.05) is 17.7 Å². The van der Waals surface area contributed by atoms with Gasteiger partial charge in [-0.2, -0.15) is 4.98 Å². The van der Waals surface area contributed by atoms with Crippen molar-refractivity contribution in [2.75, 3.05) is 0 Å². The van der Waals surface area contributed by atoms with Crippen molar-refractivity contribution in [3.63, 3.8) is 0 Å². The van der Waals surface area contributed by atoms with Crippen molar-refractivity contribution in [2.45, 2.75) is 20.3 Å². The van der Waals surface area contributed by atoms with Crippen LogP contribution in [0, 0.1) is 6.92 Å². The van der Waals surface area contributed by atoms with Gasteiger partial charge in [0.1, 0.15) is 11.6 Å². The van der Waals surface area contributed by atoms with Crippen molar-refractivity contribution < 1.29 is 0 Å². The summed E-state index contributed by atoms with van der Waals surface area (Å²) in [7, 11) is 0. The van der Waals surface area contributed by atoms with Crippen LogP contribution in [0.2, 0.25) is 5.28 Å². The molecule has 78 valence electrons. The summed E-state index contributed by atoms with van der Waals surface area (Å²) in [6.07, 6.45) is 6.21. The highest BCUT2D eigenvalue weighted by molar-refractivity contribution is 6.28. The van der Waals surface area contributed by atoms with E-state index in [1.165, 1.54) is 0 Å². The van der Waals surface area contributed by atoms with Gasteiger partial charge in [-0.05, 0) is 18.5 Å². The number of halogens is 1. The lowest BCUT2D eigenvalue weighted by Gasteiger charge is -2.07. The second-order valence-electron chi connectivity index (χ2n) is 3.21. The van der Waals surface area contributed by atoms with E-state index in [-0.39, 0.29) is 5.28 Å². The Kier molecular flexibility index (Phi) is 2.68. The highest BCUT2D eigenvalue weighted by atomic mass is 35.5. The van der Waals surface area contributed by atoms with Crippen LogP contribution in [0.3, 0.4) is 0 Å². The highest BCUT2D eigenvalue weighted by Crippen LogP contribution is 2.14. The van der Waals surface area contributed by atoms with E-state index in [9.17, 15) is 0 Å². The molecular formula is C10H11ClN4. The Morgan fingerprint density at radius 3 is 2.93 bits per heavy atom. The van der Waals surface area contributed by atoms with E-state index in [1.54, 1.807) is 12.4 Å². The molecule has 0 unspecified atom stereocenters. The van der Waals surface area contributed by atoms with E-state index in [0.717, 1.165) is 23.6 Å². The molecular weight excluding hydrogens is 212 g/mol. The minimum absolute atomic E-state index is 0.256. The molecule has 2 aromatic heterocycles. The zero-order valence-corrected chi connectivity index (χ0v) is 9.36. The van der Waals surface area contributed by atoms with E-state index in [2.05, 4.69) is 21.9 Å². The summed E-state index contributed by atoms with van der Waals surface area (Å²) in [6, 6.07) is 0. The Morgan fingerprint density at radius 2 is 2.20 bits per heavy atom. The van der Waals surface area contributed by atoms with Gasteiger partial charge in [-0.15, -0.1) is 0 Å². The standard InChI is InChI=1S/C10H11ClN4/c1-3-8-12-4-5-15(8)9-7(2)6-13-10(11)14-9/h4-6H,3H2,1-2H3. The Hall–Kier alpha value is -1.42. The Labute approximate surface area is 93.0 Å². The maximum absolute atomic E-state index is 5.77. The molecule has 0 aliphatic heterocycles. The second-order valence-corrected chi connectivity index (χ2v) is 3.55. The predicted octanol–water partition coefficient (Wildman–Crippen LogP) is 2.19. The highest BCUT2D eigenvalue weighted by Gasteiger charge is 2.08. The van der Waals surface area contributed by atoms with Gasteiger partial charge >= 0.3 is 0 Å². The number of hydrogen-bond donors (Lipinski definition) is 0. The van der Waals surface area contributed by atoms with Crippen molar-refractivity contribution in [3.05, 3.63) is 35.3 Å². The van der Waals surface area contributed by atoms with E-state index in [4.69, 9.17) is 11.6 Å². The molecule has 0 bridgehead atoms. The molecule has 0 aliphatic rings. The van der Waals surface area contributed by atoms with Gasteiger partial charge in [0.15, 0.2) is 0 Å². The minimum atomic E-state index is 0.256. The molecule has 0 atom stereocenters. The zero-order chi connectivity index (χ0) is 10.8. The Bertz CT molecular complexity index is 478. The van der Waals surface area contributed by atoms with Gasteiger partial charge in [0, 0.05) is 30.6 Å². The molecule has 2 rings (SSSR count). The summed E-state index contributed by atoms with van der Waals surface area (Å²) >= 11 is 5.77. The molecule has 0 fully saturated rings. The topological polar surface area (TPSA) is 43.6 Å². The minimum Gasteiger partial charge on any atom is -0.288 e. The number of aromatic nitrogens is 4. The molecule has 0 N–H and O–H groups in total. The lowest BCUT2D eigenvalue weighted by Crippen LogP contribution is -2.04. The molecule has 0 saturated heterocycles. The first-order chi connectivity index (χ1) is 7.22. The van der Waals surface area contributed by atoms with Gasteiger partial charge < -0.3 is 0 Å². The number of rotatable bonds is 2. The fourth-order valence-electron chi connectivity index (χ4n) is 1.44. The van der Waals surface area contributed by atoms with Gasteiger partial charge in [-0.3, -0.25) is 4.57 Å². The summed E-state index contributed by atoms with van der Waals surface area (Å²) in [5.74, 6) is 1.76. The molecule has 0 saturated carbocycles. The Balaban J connectivity index is 2.58. The monoisotopic (exact) mass is 222 g/mol. The van der Waals surface area contributed by atoms with Crippen molar-refractivity contribution in [1.29, 1.82) is 0 Å². The molecule has 0 amide bonds. The van der Waals surface area contributed by atoms with Gasteiger partial charge in [0.05, 0.1) is 0 Å². The maximum Gasteiger partial charge on any atom is 0.224 e. The van der Waals surface area contributed by atoms with Crippen LogP contribution >= 0.6 is 11.6 Å². The lowest BCUT2D eigenvalue weighted by molar-refractivity contribution is 0.853. The van der Waals surface area contributed by atoms with E-state index >= 15 is 0 Å². The number of hydrogen-bond acceptors (Lipinski definition) is 3. The molecule has 0 spiro atoms. The number of nitrogens with zero attached hydrogens (tertiary/aromatic N) is 4. The average molecular weight is 223 g/mol. The average Bonchev–Trinajstić information content (AvgIpc) is 2.69. The van der Waals surface area contributed by atoms with Gasteiger partial charge in [0.25, 0.3) is 0 Å². The zero-order valence-electron chi connectivity index (χ0n) is 8.61. The molecule has 2 heterocycles. The first-order valence-electron chi connectivity index (χ1n) is 4.74. The largest absolute Gasteiger partial charge is 0.288 e. The van der Waals surface area contributed by atoms with E-state index in [0.29, 0.717) is 0 Å². The third-order valence-corrected chi connectivity index (χ3v) is 2.36. The van der Waals surface area contributed by atoms with Crippen molar-refractivity contribution in [1.82, 2.24) is 19.5 Å². The van der Waals surface area contributed by atoms with Crippen LogP contribution in [0.25, 0.3) is 5.82 Å². The fourth-order valence-corrected chi connectivity index (χ4v) is 1.57. The van der Waals surface area contributed by atoms with Crippen LogP contribution in [-0.4, -0.2) is 19.5 Å². The second kappa shape index (κ2) is 3.98. The predicted molar refractivity (Wildman–Crippen MR) is 58.3 cm³/mol. The van der Waals surface area contributed by atoms with Crippen LogP contribution in [0.5, 0.6) is 0 Å². The van der Waals surface area contributed by atoms with E-state index < -0.39 is 0 Å². The first-order valence-corrected chi connectivity index (χ1v) is 5.12. The number of imidazole rings is 1. The van der Waals surface area contributed by atoms with Crippen molar-refractivity contribution in [2.24, 2.45) is 0 Å². The van der Waals surface area contributed by atoms with Crippen LogP contribution < -0.4 is 0 Å². The fraction of sp³-hybridized carbons (Fsp3) is 0.300. The van der Waals surface area contributed by atoms with Crippen LogP contribution in [0.1, 0.15) is 18.3 Å². The van der Waals surface area contributed by atoms with Gasteiger partial charge in [0.2, 0.25) is 5.28 Å². The van der Waals surface area contributed by atoms with Crippen LogP contribution in [-0.2, 0) is 6.42 Å². The molecule has 15 heavy (non-hydrogen) atoms. The molecule has 0 aliphatic carbocycles. The normalized spacial score (nSPS) is 10.6. The summed E-state index contributed by atoms with van der Waals surface area (Å²) in [5.41, 5.74) is 0.979. The van der Waals surface area contributed by atoms with Crippen molar-refractivity contribution in [3.8, 4) is 5.82 Å². The third-order valence-electron chi connectivity index (χ3n) is 2.18. The molecule has 5 heteroatoms. The van der Waals surface area contributed by atoms with Crippen LogP contribution in [0.4, 0.5) is 0 Å². The molecule has 0 aromatic carbocycles. The summed E-state index contributed by atoms with van der Waals surface area (Å²) in [5, 5.41) is 0.256. The quantitative estimate of drug-likeness (QED) is 0.732. The SMILES string of the molecule is CCc1nccn1-c1nc(Cl)ncc1C. The summed E-state index contributed by atoms with van der Waals surface area (Å²) in [4.78, 5) is 12.4. The maximum atomic E-state index is 5.77. The lowest BCUT2D eigenvalue weighted by atomic mass is 10.3. The van der Waals surface area contributed by atoms with Gasteiger partial charge in [-0.1, -0.05) is 6.92 Å². The Morgan fingerprint density at radius 1 is 1.40 bits per heavy atom. The van der Waals surface area contributed by atoms with Crippen LogP contribution in [0.15, 0.2) is 18.6 Å². The molecule has 4 nitrogen and oxygen atoms in total.